The Labute approximate surface area is 177 Å². The highest BCUT2D eigenvalue weighted by atomic mass is 16.5. The summed E-state index contributed by atoms with van der Waals surface area (Å²) in [7, 11) is 0. The Balaban J connectivity index is 1.55. The van der Waals surface area contributed by atoms with Gasteiger partial charge < -0.3 is 9.15 Å². The lowest BCUT2D eigenvalue weighted by atomic mass is 10.00. The van der Waals surface area contributed by atoms with Gasteiger partial charge >= 0.3 is 11.7 Å². The number of ketones is 1. The first kappa shape index (κ1) is 20.0. The number of Topliss-reactive ketones (excluding diaryl/α,β-unsaturated/α-hetero) is 1. The number of benzene rings is 3. The van der Waals surface area contributed by atoms with Crippen LogP contribution in [0.3, 0.4) is 0 Å². The Kier molecular flexibility index (Phi) is 5.84. The molecule has 0 fully saturated rings. The molecule has 4 aromatic rings. The first-order chi connectivity index (χ1) is 15.1. The third kappa shape index (κ3) is 4.67. The van der Waals surface area contributed by atoms with Crippen molar-refractivity contribution in [2.75, 3.05) is 0 Å². The van der Waals surface area contributed by atoms with Gasteiger partial charge in [-0.3, -0.25) is 9.59 Å². The van der Waals surface area contributed by atoms with E-state index in [1.165, 1.54) is 0 Å². The first-order valence-corrected chi connectivity index (χ1v) is 9.59. The van der Waals surface area contributed by atoms with Gasteiger partial charge in [-0.25, -0.2) is 4.79 Å². The van der Waals surface area contributed by atoms with Crippen molar-refractivity contribution in [1.82, 2.24) is 9.78 Å². The third-order valence-corrected chi connectivity index (χ3v) is 4.55. The van der Waals surface area contributed by atoms with Crippen molar-refractivity contribution in [2.45, 2.75) is 12.6 Å². The fraction of sp³-hybridized carbons (Fsp3) is 0.0833. The van der Waals surface area contributed by atoms with Crippen LogP contribution in [0.25, 0.3) is 11.5 Å². The zero-order valence-corrected chi connectivity index (χ0v) is 16.4. The third-order valence-electron chi connectivity index (χ3n) is 4.55. The van der Waals surface area contributed by atoms with Crippen molar-refractivity contribution in [3.05, 3.63) is 113 Å². The molecule has 0 amide bonds. The maximum Gasteiger partial charge on any atom is 0.437 e. The molecule has 7 nitrogen and oxygen atoms in total. The van der Waals surface area contributed by atoms with E-state index in [4.69, 9.17) is 9.15 Å². The minimum absolute atomic E-state index is 0.0957. The number of rotatable bonds is 7. The molecule has 7 heteroatoms. The second-order valence-electron chi connectivity index (χ2n) is 6.71. The zero-order chi connectivity index (χ0) is 21.6. The van der Waals surface area contributed by atoms with Crippen molar-refractivity contribution in [1.29, 1.82) is 0 Å². The molecule has 0 aliphatic heterocycles. The standard InChI is InChI=1S/C24H18N2O5/c27-20(16-26-24(29)31-23(25-26)19-14-8-3-9-15-19)30-22(18-12-6-2-7-13-18)21(28)17-10-4-1-5-11-17/h1-15,22H,16H2/t22-/m0/s1. The summed E-state index contributed by atoms with van der Waals surface area (Å²) in [6.07, 6.45) is -1.15. The molecular weight excluding hydrogens is 396 g/mol. The van der Waals surface area contributed by atoms with E-state index in [2.05, 4.69) is 5.10 Å². The average Bonchev–Trinajstić information content (AvgIpc) is 3.19. The maximum atomic E-state index is 13.0. The smallest absolute Gasteiger partial charge is 0.437 e. The monoisotopic (exact) mass is 414 g/mol. The summed E-state index contributed by atoms with van der Waals surface area (Å²) in [5.74, 6) is -1.84. The minimum atomic E-state index is -1.15. The summed E-state index contributed by atoms with van der Waals surface area (Å²) < 4.78 is 11.5. The van der Waals surface area contributed by atoms with Crippen LogP contribution in [-0.2, 0) is 16.1 Å². The molecule has 0 aliphatic carbocycles. The Morgan fingerprint density at radius 1 is 0.871 bits per heavy atom. The van der Waals surface area contributed by atoms with Gasteiger partial charge in [0.05, 0.1) is 0 Å². The van der Waals surface area contributed by atoms with Gasteiger partial charge in [-0.1, -0.05) is 78.9 Å². The van der Waals surface area contributed by atoms with Crippen LogP contribution in [0.5, 0.6) is 0 Å². The Morgan fingerprint density at radius 3 is 2.10 bits per heavy atom. The van der Waals surface area contributed by atoms with Crippen LogP contribution in [0, 0.1) is 0 Å². The molecule has 1 heterocycles. The van der Waals surface area contributed by atoms with E-state index < -0.39 is 24.4 Å². The van der Waals surface area contributed by atoms with Gasteiger partial charge in [-0.05, 0) is 12.1 Å². The van der Waals surface area contributed by atoms with Crippen molar-refractivity contribution in [3.63, 3.8) is 0 Å². The molecule has 1 aromatic heterocycles. The molecule has 0 bridgehead atoms. The number of hydrogen-bond donors (Lipinski definition) is 0. The average molecular weight is 414 g/mol. The largest absolute Gasteiger partial charge is 0.448 e. The normalized spacial score (nSPS) is 11.6. The van der Waals surface area contributed by atoms with Gasteiger partial charge in [0.1, 0.15) is 6.54 Å². The lowest BCUT2D eigenvalue weighted by Crippen LogP contribution is -2.26. The van der Waals surface area contributed by atoms with Crippen LogP contribution in [0.15, 0.2) is 100 Å². The van der Waals surface area contributed by atoms with Crippen LogP contribution >= 0.6 is 0 Å². The molecule has 4 rings (SSSR count). The van der Waals surface area contributed by atoms with E-state index >= 15 is 0 Å². The molecule has 0 saturated heterocycles. The Bertz CT molecular complexity index is 1230. The molecular formula is C24H18N2O5. The Morgan fingerprint density at radius 2 is 1.45 bits per heavy atom. The lowest BCUT2D eigenvalue weighted by molar-refractivity contribution is -0.148. The second kappa shape index (κ2) is 9.04. The van der Waals surface area contributed by atoms with Crippen LogP contribution < -0.4 is 5.76 Å². The highest BCUT2D eigenvalue weighted by Crippen LogP contribution is 2.23. The van der Waals surface area contributed by atoms with Crippen molar-refractivity contribution in [2.24, 2.45) is 0 Å². The fourth-order valence-corrected chi connectivity index (χ4v) is 3.05. The molecule has 0 unspecified atom stereocenters. The quantitative estimate of drug-likeness (QED) is 0.338. The van der Waals surface area contributed by atoms with E-state index in [1.807, 2.05) is 6.07 Å². The first-order valence-electron chi connectivity index (χ1n) is 9.59. The SMILES string of the molecule is O=C(Cn1nc(-c2ccccc2)oc1=O)O[C@H](C(=O)c1ccccc1)c1ccccc1. The van der Waals surface area contributed by atoms with E-state index in [0.29, 0.717) is 16.7 Å². The number of ether oxygens (including phenoxy) is 1. The summed E-state index contributed by atoms with van der Waals surface area (Å²) in [6.45, 7) is -0.486. The number of esters is 1. The van der Waals surface area contributed by atoms with Crippen LogP contribution in [0.2, 0.25) is 0 Å². The molecule has 3 aromatic carbocycles. The predicted octanol–water partition coefficient (Wildman–Crippen LogP) is 3.67. The summed E-state index contributed by atoms with van der Waals surface area (Å²) in [5, 5.41) is 4.05. The number of carbonyl (C=O) groups excluding carboxylic acids is 2. The van der Waals surface area contributed by atoms with E-state index in [0.717, 1.165) is 4.68 Å². The van der Waals surface area contributed by atoms with Crippen molar-refractivity contribution < 1.29 is 18.7 Å². The molecule has 31 heavy (non-hydrogen) atoms. The zero-order valence-electron chi connectivity index (χ0n) is 16.4. The highest BCUT2D eigenvalue weighted by molar-refractivity contribution is 6.00. The summed E-state index contributed by atoms with van der Waals surface area (Å²) in [4.78, 5) is 37.7. The van der Waals surface area contributed by atoms with Gasteiger partial charge in [0.25, 0.3) is 0 Å². The van der Waals surface area contributed by atoms with E-state index in [-0.39, 0.29) is 11.7 Å². The molecule has 154 valence electrons. The second-order valence-corrected chi connectivity index (χ2v) is 6.71. The van der Waals surface area contributed by atoms with Gasteiger partial charge in [0.15, 0.2) is 6.10 Å². The van der Waals surface area contributed by atoms with E-state index in [1.54, 1.807) is 84.9 Å². The van der Waals surface area contributed by atoms with Crippen molar-refractivity contribution in [3.8, 4) is 11.5 Å². The van der Waals surface area contributed by atoms with Crippen LogP contribution in [0.4, 0.5) is 0 Å². The number of carbonyl (C=O) groups is 2. The molecule has 0 spiro atoms. The minimum Gasteiger partial charge on any atom is -0.448 e. The molecule has 0 saturated carbocycles. The van der Waals surface area contributed by atoms with Crippen molar-refractivity contribution >= 4 is 11.8 Å². The number of nitrogens with zero attached hydrogens (tertiary/aromatic N) is 2. The van der Waals surface area contributed by atoms with Gasteiger partial charge in [-0.15, -0.1) is 5.10 Å². The van der Waals surface area contributed by atoms with Gasteiger partial charge in [-0.2, -0.15) is 4.68 Å². The highest BCUT2D eigenvalue weighted by Gasteiger charge is 2.27. The summed E-state index contributed by atoms with van der Waals surface area (Å²) in [6, 6.07) is 26.1. The van der Waals surface area contributed by atoms with Gasteiger partial charge in [0, 0.05) is 16.7 Å². The summed E-state index contributed by atoms with van der Waals surface area (Å²) in [5.41, 5.74) is 1.55. The number of aromatic nitrogens is 2. The molecule has 1 atom stereocenters. The summed E-state index contributed by atoms with van der Waals surface area (Å²) >= 11 is 0. The fourth-order valence-electron chi connectivity index (χ4n) is 3.05. The Hall–Kier alpha value is -4.26. The van der Waals surface area contributed by atoms with Crippen LogP contribution in [-0.4, -0.2) is 21.5 Å². The maximum absolute atomic E-state index is 13.0. The predicted molar refractivity (Wildman–Crippen MR) is 112 cm³/mol. The van der Waals surface area contributed by atoms with Gasteiger partial charge in [0.2, 0.25) is 11.7 Å². The topological polar surface area (TPSA) is 91.4 Å². The molecule has 0 N–H and O–H groups in total. The number of hydrogen-bond acceptors (Lipinski definition) is 6. The molecule has 0 radical (unpaired) electrons. The molecule has 0 aliphatic rings. The van der Waals surface area contributed by atoms with E-state index in [9.17, 15) is 14.4 Å². The van der Waals surface area contributed by atoms with Crippen LogP contribution in [0.1, 0.15) is 22.0 Å². The lowest BCUT2D eigenvalue weighted by Gasteiger charge is -2.17.